The Balaban J connectivity index is 1.69. The molecule has 0 aliphatic carbocycles. The predicted octanol–water partition coefficient (Wildman–Crippen LogP) is 3.97. The molecule has 2 aromatic rings. The number of likely N-dealkylation sites (tertiary alicyclic amines) is 1. The van der Waals surface area contributed by atoms with E-state index in [1.165, 1.54) is 6.07 Å². The second kappa shape index (κ2) is 8.31. The first-order chi connectivity index (χ1) is 13.7. The maximum Gasteiger partial charge on any atom is 0.257 e. The summed E-state index contributed by atoms with van der Waals surface area (Å²) < 4.78 is 19.3. The van der Waals surface area contributed by atoms with Gasteiger partial charge in [0.05, 0.1) is 12.7 Å². The van der Waals surface area contributed by atoms with Crippen LogP contribution in [0.15, 0.2) is 48.5 Å². The normalized spacial score (nSPS) is 24.9. The molecule has 0 radical (unpaired) electrons. The summed E-state index contributed by atoms with van der Waals surface area (Å²) in [6, 6.07) is 14.4. The van der Waals surface area contributed by atoms with Gasteiger partial charge in [0.15, 0.2) is 0 Å². The summed E-state index contributed by atoms with van der Waals surface area (Å²) in [5.74, 6) is 0.442. The van der Waals surface area contributed by atoms with Crippen molar-refractivity contribution in [2.45, 2.75) is 43.7 Å². The van der Waals surface area contributed by atoms with Crippen LogP contribution in [0.3, 0.4) is 0 Å². The molecule has 2 aliphatic rings. The molecule has 0 unspecified atom stereocenters. The van der Waals surface area contributed by atoms with Crippen molar-refractivity contribution in [3.63, 3.8) is 0 Å². The third kappa shape index (κ3) is 3.63. The largest absolute Gasteiger partial charge is 0.496 e. The fourth-order valence-corrected chi connectivity index (χ4v) is 4.72. The molecule has 2 saturated heterocycles. The monoisotopic (exact) mass is 382 g/mol. The number of nitrogens with one attached hydrogen (secondary N) is 1. The molecular formula is C23H27FN2O2. The summed E-state index contributed by atoms with van der Waals surface area (Å²) in [5, 5.41) is 3.67. The van der Waals surface area contributed by atoms with Crippen molar-refractivity contribution in [1.82, 2.24) is 10.2 Å². The van der Waals surface area contributed by atoms with Crippen LogP contribution in [0.1, 0.15) is 47.5 Å². The van der Waals surface area contributed by atoms with Gasteiger partial charge in [-0.05, 0) is 49.2 Å². The zero-order valence-corrected chi connectivity index (χ0v) is 16.2. The Bertz CT molecular complexity index is 841. The second-order valence-corrected chi connectivity index (χ2v) is 7.72. The molecule has 4 nitrogen and oxygen atoms in total. The number of fused-ring (bicyclic) bond motifs is 1. The first kappa shape index (κ1) is 18.9. The van der Waals surface area contributed by atoms with Crippen LogP contribution >= 0.6 is 0 Å². The molecule has 0 bridgehead atoms. The van der Waals surface area contributed by atoms with Crippen molar-refractivity contribution in [1.29, 1.82) is 0 Å². The number of ether oxygens (including phenoxy) is 1. The topological polar surface area (TPSA) is 41.6 Å². The molecule has 0 saturated carbocycles. The van der Waals surface area contributed by atoms with Crippen LogP contribution < -0.4 is 10.1 Å². The highest BCUT2D eigenvalue weighted by atomic mass is 19.1. The van der Waals surface area contributed by atoms with Crippen molar-refractivity contribution < 1.29 is 13.9 Å². The van der Waals surface area contributed by atoms with E-state index in [4.69, 9.17) is 4.74 Å². The van der Waals surface area contributed by atoms with Crippen LogP contribution in [0.4, 0.5) is 4.39 Å². The van der Waals surface area contributed by atoms with Gasteiger partial charge in [0, 0.05) is 24.5 Å². The number of amides is 1. The molecule has 2 heterocycles. The number of methoxy groups -OCH3 is 1. The van der Waals surface area contributed by atoms with Crippen LogP contribution in [0, 0.1) is 5.82 Å². The van der Waals surface area contributed by atoms with Crippen LogP contribution in [-0.4, -0.2) is 43.1 Å². The molecule has 4 rings (SSSR count). The lowest BCUT2D eigenvalue weighted by Gasteiger charge is -2.31. The van der Waals surface area contributed by atoms with Crippen molar-refractivity contribution >= 4 is 5.91 Å². The number of halogens is 1. The standard InChI is InChI=1S/C23H27FN2O2/c1-28-21-12-5-4-10-18(21)23(27)26-15-19(16-8-7-9-17(24)14-16)22-20(26)11-3-2-6-13-25-22/h4-5,7-10,12,14,19-20,22,25H,2-3,6,11,13,15H2,1H3/t19-,20+,22-/m0/s1. The van der Waals surface area contributed by atoms with Gasteiger partial charge in [-0.1, -0.05) is 37.1 Å². The maximum atomic E-state index is 13.9. The zero-order chi connectivity index (χ0) is 19.5. The van der Waals surface area contributed by atoms with Gasteiger partial charge < -0.3 is 15.0 Å². The Morgan fingerprint density at radius 2 is 2.00 bits per heavy atom. The minimum absolute atomic E-state index is 0.00581. The van der Waals surface area contributed by atoms with Gasteiger partial charge in [0.2, 0.25) is 0 Å². The van der Waals surface area contributed by atoms with Gasteiger partial charge in [-0.25, -0.2) is 4.39 Å². The minimum atomic E-state index is -0.227. The third-order valence-electron chi connectivity index (χ3n) is 6.07. The summed E-state index contributed by atoms with van der Waals surface area (Å²) in [7, 11) is 1.59. The molecule has 2 fully saturated rings. The maximum absolute atomic E-state index is 13.9. The summed E-state index contributed by atoms with van der Waals surface area (Å²) in [5.41, 5.74) is 1.55. The Hall–Kier alpha value is -2.40. The number of benzene rings is 2. The molecule has 2 aromatic carbocycles. The first-order valence-corrected chi connectivity index (χ1v) is 10.1. The van der Waals surface area contributed by atoms with Crippen molar-refractivity contribution in [3.8, 4) is 5.75 Å². The smallest absolute Gasteiger partial charge is 0.257 e. The number of carbonyl (C=O) groups excluding carboxylic acids is 1. The Kier molecular flexibility index (Phi) is 5.62. The number of hydrogen-bond acceptors (Lipinski definition) is 3. The fraction of sp³-hybridized carbons (Fsp3) is 0.435. The van der Waals surface area contributed by atoms with E-state index in [0.717, 1.165) is 37.8 Å². The van der Waals surface area contributed by atoms with Gasteiger partial charge in [0.25, 0.3) is 5.91 Å². The van der Waals surface area contributed by atoms with E-state index in [1.54, 1.807) is 19.2 Å². The van der Waals surface area contributed by atoms with E-state index in [9.17, 15) is 9.18 Å². The molecule has 0 aromatic heterocycles. The average molecular weight is 382 g/mol. The quantitative estimate of drug-likeness (QED) is 0.873. The molecule has 28 heavy (non-hydrogen) atoms. The van der Waals surface area contributed by atoms with Gasteiger partial charge in [-0.3, -0.25) is 4.79 Å². The minimum Gasteiger partial charge on any atom is -0.496 e. The van der Waals surface area contributed by atoms with Gasteiger partial charge in [0.1, 0.15) is 11.6 Å². The number of rotatable bonds is 3. The SMILES string of the molecule is COc1ccccc1C(=O)N1C[C@@H](c2cccc(F)c2)[C@@H]2NCCCCC[C@H]21. The number of para-hydroxylation sites is 1. The molecule has 0 spiro atoms. The lowest BCUT2D eigenvalue weighted by molar-refractivity contribution is 0.0709. The second-order valence-electron chi connectivity index (χ2n) is 7.72. The van der Waals surface area contributed by atoms with Crippen molar-refractivity contribution in [2.24, 2.45) is 0 Å². The van der Waals surface area contributed by atoms with Crippen LogP contribution in [0.5, 0.6) is 5.75 Å². The van der Waals surface area contributed by atoms with Crippen LogP contribution in [0.2, 0.25) is 0 Å². The average Bonchev–Trinajstić information content (AvgIpc) is 3.04. The van der Waals surface area contributed by atoms with E-state index in [0.29, 0.717) is 17.9 Å². The lowest BCUT2D eigenvalue weighted by atomic mass is 9.88. The van der Waals surface area contributed by atoms with Gasteiger partial charge in [-0.15, -0.1) is 0 Å². The third-order valence-corrected chi connectivity index (χ3v) is 6.07. The summed E-state index contributed by atoms with van der Waals surface area (Å²) in [6.45, 7) is 1.52. The Morgan fingerprint density at radius 3 is 2.82 bits per heavy atom. The number of hydrogen-bond donors (Lipinski definition) is 1. The summed E-state index contributed by atoms with van der Waals surface area (Å²) in [4.78, 5) is 15.5. The highest BCUT2D eigenvalue weighted by Gasteiger charge is 2.44. The van der Waals surface area contributed by atoms with E-state index in [2.05, 4.69) is 5.32 Å². The lowest BCUT2D eigenvalue weighted by Crippen LogP contribution is -2.47. The Morgan fingerprint density at radius 1 is 1.14 bits per heavy atom. The molecule has 148 valence electrons. The Labute approximate surface area is 165 Å². The summed E-state index contributed by atoms with van der Waals surface area (Å²) in [6.07, 6.45) is 4.37. The molecule has 1 amide bonds. The van der Waals surface area contributed by atoms with E-state index in [-0.39, 0.29) is 29.7 Å². The highest BCUT2D eigenvalue weighted by molar-refractivity contribution is 5.97. The molecule has 2 aliphatic heterocycles. The van der Waals surface area contributed by atoms with Crippen LogP contribution in [-0.2, 0) is 0 Å². The summed E-state index contributed by atoms with van der Waals surface area (Å²) >= 11 is 0. The predicted molar refractivity (Wildman–Crippen MR) is 107 cm³/mol. The number of carbonyl (C=O) groups is 1. The molecule has 1 N–H and O–H groups in total. The van der Waals surface area contributed by atoms with Crippen molar-refractivity contribution in [2.75, 3.05) is 20.2 Å². The van der Waals surface area contributed by atoms with Gasteiger partial charge in [-0.2, -0.15) is 0 Å². The highest BCUT2D eigenvalue weighted by Crippen LogP contribution is 2.37. The van der Waals surface area contributed by atoms with E-state index >= 15 is 0 Å². The van der Waals surface area contributed by atoms with Crippen LogP contribution in [0.25, 0.3) is 0 Å². The fourth-order valence-electron chi connectivity index (χ4n) is 4.72. The molecule has 5 heteroatoms. The molecular weight excluding hydrogens is 355 g/mol. The van der Waals surface area contributed by atoms with E-state index in [1.807, 2.05) is 35.2 Å². The zero-order valence-electron chi connectivity index (χ0n) is 16.2. The first-order valence-electron chi connectivity index (χ1n) is 10.1. The van der Waals surface area contributed by atoms with Crippen molar-refractivity contribution in [3.05, 3.63) is 65.5 Å². The van der Waals surface area contributed by atoms with Gasteiger partial charge >= 0.3 is 0 Å². The number of nitrogens with zero attached hydrogens (tertiary/aromatic N) is 1. The molecule has 3 atom stereocenters. The van der Waals surface area contributed by atoms with E-state index < -0.39 is 0 Å².